The molecule has 0 N–H and O–H groups in total. The summed E-state index contributed by atoms with van der Waals surface area (Å²) in [5, 5.41) is -0.300. The number of rotatable bonds is 18. The lowest BCUT2D eigenvalue weighted by Crippen LogP contribution is -2.28. The number of hydrogen-bond acceptors (Lipinski definition) is 12. The van der Waals surface area contributed by atoms with Crippen LogP contribution in [0, 0.1) is 0 Å². The number of hydrogen-bond donors (Lipinski definition) is 0. The molecule has 0 aliphatic heterocycles. The fraction of sp³-hybridized carbons (Fsp3) is 0.235. The maximum absolute atomic E-state index is 12.7. The molecule has 0 fully saturated rings. The predicted octanol–water partition coefficient (Wildman–Crippen LogP) is 7.23. The molecule has 0 radical (unpaired) electrons. The van der Waals surface area contributed by atoms with Crippen molar-refractivity contribution in [2.75, 3.05) is 37.2 Å². The highest BCUT2D eigenvalue weighted by Gasteiger charge is 2.20. The first kappa shape index (κ1) is 36.9. The molecule has 0 saturated carbocycles. The Balaban J connectivity index is 1.57. The molecule has 2 unspecified atom stereocenters. The van der Waals surface area contributed by atoms with Crippen LogP contribution in [-0.2, 0) is 19.1 Å². The van der Waals surface area contributed by atoms with Crippen LogP contribution in [0.15, 0.2) is 108 Å². The third-order valence-electron chi connectivity index (χ3n) is 6.03. The first-order valence-electron chi connectivity index (χ1n) is 13.9. The highest BCUT2D eigenvalue weighted by Crippen LogP contribution is 2.24. The van der Waals surface area contributed by atoms with E-state index in [1.807, 2.05) is 36.8 Å². The number of benzene rings is 3. The van der Waals surface area contributed by atoms with Crippen LogP contribution in [0.25, 0.3) is 0 Å². The average Bonchev–Trinajstić information content (AvgIpc) is 3.10. The van der Waals surface area contributed by atoms with Gasteiger partial charge in [0.25, 0.3) is 0 Å². The van der Waals surface area contributed by atoms with Crippen molar-refractivity contribution in [1.82, 2.24) is 0 Å². The molecule has 0 saturated heterocycles. The molecule has 12 heteroatoms. The number of carbonyl (C=O) groups is 4. The zero-order chi connectivity index (χ0) is 33.3. The Hall–Kier alpha value is -3.58. The highest BCUT2D eigenvalue weighted by molar-refractivity contribution is 8.14. The van der Waals surface area contributed by atoms with Crippen molar-refractivity contribution in [2.24, 2.45) is 0 Å². The monoisotopic (exact) mass is 698 g/mol. The minimum absolute atomic E-state index is 0.0228. The van der Waals surface area contributed by atoms with Gasteiger partial charge in [0.05, 0.1) is 0 Å². The molecule has 0 heterocycles. The van der Waals surface area contributed by atoms with Crippen LogP contribution in [0.4, 0.5) is 0 Å². The molecule has 2 atom stereocenters. The summed E-state index contributed by atoms with van der Waals surface area (Å²) < 4.78 is 22.6. The van der Waals surface area contributed by atoms with Gasteiger partial charge in [-0.15, -0.1) is 23.5 Å². The molecule has 0 aliphatic carbocycles. The Morgan fingerprint density at radius 3 is 1.39 bits per heavy atom. The van der Waals surface area contributed by atoms with Crippen LogP contribution in [-0.4, -0.2) is 71.6 Å². The molecule has 3 aromatic carbocycles. The SMILES string of the molecule is C=CC(=O)OC(COc1cccc(OCC(CSC(=O)c2ccc(SC)cc2)OC(=O)C=C)c1)CSC(=O)c1ccc(SC)cc1. The number of ether oxygens (including phenoxy) is 4. The molecule has 0 spiro atoms. The Bertz CT molecular complexity index is 1380. The second-order valence-corrected chi connectivity index (χ2v) is 13.0. The third-order valence-corrected chi connectivity index (χ3v) is 9.59. The summed E-state index contributed by atoms with van der Waals surface area (Å²) in [7, 11) is 0. The van der Waals surface area contributed by atoms with Crippen molar-refractivity contribution in [3.8, 4) is 11.5 Å². The highest BCUT2D eigenvalue weighted by atomic mass is 32.2. The van der Waals surface area contributed by atoms with E-state index in [1.54, 1.807) is 72.1 Å². The second kappa shape index (κ2) is 19.8. The number of thioether (sulfide) groups is 4. The molecule has 0 aliphatic rings. The van der Waals surface area contributed by atoms with Gasteiger partial charge in [-0.3, -0.25) is 9.59 Å². The summed E-state index contributed by atoms with van der Waals surface area (Å²) in [6.45, 7) is 6.83. The standard InChI is InChI=1S/C34H34O8S4/c1-5-31(35)41-27(21-45-33(37)23-10-14-29(43-3)15-11-23)19-39-25-8-7-9-26(18-25)40-20-28(42-32(36)6-2)22-46-34(38)24-12-16-30(44-4)17-13-24/h5-18,27-28H,1-2,19-22H2,3-4H3. The van der Waals surface area contributed by atoms with Crippen molar-refractivity contribution < 1.29 is 38.1 Å². The second-order valence-electron chi connectivity index (χ2n) is 9.28. The first-order valence-corrected chi connectivity index (χ1v) is 18.3. The minimum Gasteiger partial charge on any atom is -0.490 e. The molecule has 0 aromatic heterocycles. The van der Waals surface area contributed by atoms with Gasteiger partial charge in [-0.2, -0.15) is 0 Å². The van der Waals surface area contributed by atoms with Crippen LogP contribution in [0.2, 0.25) is 0 Å². The summed E-state index contributed by atoms with van der Waals surface area (Å²) >= 11 is 5.23. The summed E-state index contributed by atoms with van der Waals surface area (Å²) in [6, 6.07) is 21.3. The van der Waals surface area contributed by atoms with E-state index >= 15 is 0 Å². The molecule has 3 aromatic rings. The Kier molecular flexibility index (Phi) is 15.9. The van der Waals surface area contributed by atoms with Gasteiger partial charge in [0, 0.05) is 50.6 Å². The molecule has 242 valence electrons. The quantitative estimate of drug-likeness (QED) is 0.0760. The van der Waals surface area contributed by atoms with E-state index in [0.717, 1.165) is 45.5 Å². The molecule has 0 amide bonds. The lowest BCUT2D eigenvalue weighted by atomic mass is 10.2. The average molecular weight is 699 g/mol. The van der Waals surface area contributed by atoms with E-state index in [2.05, 4.69) is 13.2 Å². The maximum Gasteiger partial charge on any atom is 0.330 e. The van der Waals surface area contributed by atoms with Crippen molar-refractivity contribution in [3.05, 3.63) is 109 Å². The Morgan fingerprint density at radius 1 is 0.652 bits per heavy atom. The van der Waals surface area contributed by atoms with Crippen molar-refractivity contribution in [1.29, 1.82) is 0 Å². The molecule has 46 heavy (non-hydrogen) atoms. The van der Waals surface area contributed by atoms with Crippen LogP contribution in [0.5, 0.6) is 11.5 Å². The number of esters is 2. The van der Waals surface area contributed by atoms with Crippen molar-refractivity contribution in [3.63, 3.8) is 0 Å². The summed E-state index contributed by atoms with van der Waals surface area (Å²) in [4.78, 5) is 51.4. The summed E-state index contributed by atoms with van der Waals surface area (Å²) in [5.74, 6) is -0.0493. The lowest BCUT2D eigenvalue weighted by molar-refractivity contribution is -0.144. The molecular formula is C34H34O8S4. The zero-order valence-electron chi connectivity index (χ0n) is 25.4. The van der Waals surface area contributed by atoms with Gasteiger partial charge in [-0.1, -0.05) is 42.7 Å². The molecule has 0 bridgehead atoms. The van der Waals surface area contributed by atoms with Gasteiger partial charge in [-0.05, 0) is 73.2 Å². The largest absolute Gasteiger partial charge is 0.490 e. The van der Waals surface area contributed by atoms with E-state index in [0.29, 0.717) is 22.6 Å². The van der Waals surface area contributed by atoms with E-state index < -0.39 is 24.1 Å². The fourth-order valence-electron chi connectivity index (χ4n) is 3.65. The van der Waals surface area contributed by atoms with E-state index in [9.17, 15) is 19.2 Å². The van der Waals surface area contributed by atoms with Crippen LogP contribution >= 0.6 is 47.0 Å². The smallest absolute Gasteiger partial charge is 0.330 e. The van der Waals surface area contributed by atoms with Crippen LogP contribution in [0.1, 0.15) is 20.7 Å². The van der Waals surface area contributed by atoms with Crippen molar-refractivity contribution >= 4 is 69.2 Å². The summed E-state index contributed by atoms with van der Waals surface area (Å²) in [6.07, 6.45) is 4.56. The van der Waals surface area contributed by atoms with Gasteiger partial charge in [0.2, 0.25) is 10.2 Å². The third kappa shape index (κ3) is 12.7. The Labute approximate surface area is 286 Å². The van der Waals surface area contributed by atoms with Crippen molar-refractivity contribution in [2.45, 2.75) is 22.0 Å². The normalized spacial score (nSPS) is 11.9. The summed E-state index contributed by atoms with van der Waals surface area (Å²) in [5.41, 5.74) is 1.10. The number of carbonyl (C=O) groups excluding carboxylic acids is 4. The lowest BCUT2D eigenvalue weighted by Gasteiger charge is -2.19. The van der Waals surface area contributed by atoms with Gasteiger partial charge in [0.15, 0.2) is 0 Å². The van der Waals surface area contributed by atoms with Gasteiger partial charge in [-0.25, -0.2) is 9.59 Å². The van der Waals surface area contributed by atoms with E-state index in [1.165, 1.54) is 0 Å². The predicted molar refractivity (Wildman–Crippen MR) is 188 cm³/mol. The zero-order valence-corrected chi connectivity index (χ0v) is 28.6. The molecule has 8 nitrogen and oxygen atoms in total. The van der Waals surface area contributed by atoms with Gasteiger partial charge in [0.1, 0.15) is 36.9 Å². The minimum atomic E-state index is -0.733. The van der Waals surface area contributed by atoms with Crippen LogP contribution in [0.3, 0.4) is 0 Å². The van der Waals surface area contributed by atoms with E-state index in [4.69, 9.17) is 18.9 Å². The fourth-order valence-corrected chi connectivity index (χ4v) is 6.07. The first-order chi connectivity index (χ1) is 22.2. The Morgan fingerprint density at radius 2 is 1.04 bits per heavy atom. The maximum atomic E-state index is 12.7. The van der Waals surface area contributed by atoms with Gasteiger partial charge < -0.3 is 18.9 Å². The van der Waals surface area contributed by atoms with E-state index in [-0.39, 0.29) is 35.0 Å². The van der Waals surface area contributed by atoms with Crippen LogP contribution < -0.4 is 9.47 Å². The molecular weight excluding hydrogens is 665 g/mol. The topological polar surface area (TPSA) is 105 Å². The molecule has 3 rings (SSSR count). The van der Waals surface area contributed by atoms with Gasteiger partial charge >= 0.3 is 11.9 Å².